The van der Waals surface area contributed by atoms with E-state index in [2.05, 4.69) is 4.98 Å². The second-order valence-electron chi connectivity index (χ2n) is 13.1. The number of Topliss-reactive ketones (excluding diaryl/α,β-unsaturated/α-hetero) is 2. The van der Waals surface area contributed by atoms with Crippen molar-refractivity contribution < 1.29 is 107 Å². The van der Waals surface area contributed by atoms with Crippen molar-refractivity contribution in [2.45, 2.75) is 6.54 Å². The van der Waals surface area contributed by atoms with Crippen molar-refractivity contribution in [3.05, 3.63) is 187 Å². The van der Waals surface area contributed by atoms with Gasteiger partial charge in [-0.1, -0.05) is 30.3 Å². The Bertz CT molecular complexity index is 2630. The molecule has 0 bridgehead atoms. The van der Waals surface area contributed by atoms with E-state index in [1.165, 1.54) is 23.2 Å². The number of carbonyl (C=O) groups excluding carboxylic acids is 2. The number of nitro groups is 1. The lowest BCUT2D eigenvalue weighted by Gasteiger charge is -2.44. The normalized spacial score (nSPS) is 11.4. The lowest BCUT2D eigenvalue weighted by molar-refractivity contribution is -0.683. The molecule has 66 heavy (non-hydrogen) atoms. The van der Waals surface area contributed by atoms with Gasteiger partial charge < -0.3 is 0 Å². The summed E-state index contributed by atoms with van der Waals surface area (Å²) in [5.41, 5.74) is -13.8. The van der Waals surface area contributed by atoms with Gasteiger partial charge in [-0.15, -0.1) is 21.9 Å². The maximum atomic E-state index is 15.4. The second-order valence-corrected chi connectivity index (χ2v) is 13.1. The summed E-state index contributed by atoms with van der Waals surface area (Å²) < 4.78 is 295. The molecule has 0 N–H and O–H groups in total. The van der Waals surface area contributed by atoms with Gasteiger partial charge >= 0.3 is 0 Å². The number of hydrogen-bond donors (Lipinski definition) is 0. The van der Waals surface area contributed by atoms with Gasteiger partial charge in [-0.2, -0.15) is 4.57 Å². The summed E-state index contributed by atoms with van der Waals surface area (Å²) in [5.74, 6) is -72.2. The summed E-state index contributed by atoms with van der Waals surface area (Å²) in [6.07, 6.45) is -3.01. The van der Waals surface area contributed by atoms with E-state index in [4.69, 9.17) is 0 Å². The summed E-state index contributed by atoms with van der Waals surface area (Å²) >= 11 is 0. The van der Waals surface area contributed by atoms with Crippen LogP contribution in [-0.2, 0) is 6.54 Å². The molecular formula is C38H12BF20N3O4. The topological polar surface area (TPSA) is 94.1 Å². The van der Waals surface area contributed by atoms with E-state index in [0.717, 1.165) is 0 Å². The van der Waals surface area contributed by atoms with Crippen LogP contribution in [0.3, 0.4) is 0 Å². The zero-order chi connectivity index (χ0) is 49.6. The Morgan fingerprint density at radius 2 is 0.758 bits per heavy atom. The maximum Gasteiger partial charge on any atom is 0.267 e. The minimum Gasteiger partial charge on any atom is -0.287 e. The lowest BCUT2D eigenvalue weighted by Crippen LogP contribution is -2.81. The van der Waals surface area contributed by atoms with E-state index in [0.29, 0.717) is 5.56 Å². The summed E-state index contributed by atoms with van der Waals surface area (Å²) in [5, 5.41) is 10.3. The molecule has 7 nitrogen and oxygen atoms in total. The van der Waals surface area contributed by atoms with Crippen LogP contribution < -0.4 is 26.4 Å². The molecule has 1 aromatic heterocycles. The molecule has 0 atom stereocenters. The molecule has 0 spiro atoms. The standard InChI is InChI=1S/C24BF20.C14H12N3O4/c26-5-1(6(27)14(35)21(42)13(5)34)25(2-7(28)15(36)22(43)16(37)8(2)29,3-9(30)17(38)23(44)18(39)10(3)31)4-11(32)19(40)24(45)20(41)12(4)33;18-13(11-4-2-1-3-5-11)9-16-7-6-15-12(8-16)14(19)10-17(20)21/h;1-8H,9-10H2/q-1;+1. The smallest absolute Gasteiger partial charge is 0.267 e. The number of halogens is 20. The quantitative estimate of drug-likeness (QED) is 0.0227. The first-order valence-electron chi connectivity index (χ1n) is 17.1. The van der Waals surface area contributed by atoms with Crippen molar-refractivity contribution in [2.75, 3.05) is 6.54 Å². The maximum absolute atomic E-state index is 15.4. The number of aromatic nitrogens is 2. The predicted octanol–water partition coefficient (Wildman–Crippen LogP) is 6.56. The van der Waals surface area contributed by atoms with Gasteiger partial charge in [0.1, 0.15) is 52.7 Å². The highest BCUT2D eigenvalue weighted by atomic mass is 19.2. The van der Waals surface area contributed by atoms with Crippen molar-refractivity contribution in [1.29, 1.82) is 0 Å². The number of rotatable bonds is 10. The van der Waals surface area contributed by atoms with Crippen molar-refractivity contribution in [3.63, 3.8) is 0 Å². The van der Waals surface area contributed by atoms with Crippen LogP contribution in [0.5, 0.6) is 0 Å². The van der Waals surface area contributed by atoms with Gasteiger partial charge in [-0.25, -0.2) is 92.8 Å². The number of carbonyl (C=O) groups is 2. The third-order valence-electron chi connectivity index (χ3n) is 9.45. The molecule has 0 radical (unpaired) electrons. The second kappa shape index (κ2) is 18.6. The average molecular weight is 965 g/mol. The Labute approximate surface area is 351 Å². The first-order chi connectivity index (χ1) is 30.8. The van der Waals surface area contributed by atoms with Crippen molar-refractivity contribution in [1.82, 2.24) is 4.98 Å². The zero-order valence-electron chi connectivity index (χ0n) is 31.1. The third kappa shape index (κ3) is 8.14. The van der Waals surface area contributed by atoms with Gasteiger partial charge in [0, 0.05) is 10.5 Å². The molecule has 5 aromatic carbocycles. The molecule has 0 amide bonds. The average Bonchev–Trinajstić information content (AvgIpc) is 3.29. The third-order valence-corrected chi connectivity index (χ3v) is 9.45. The molecule has 0 aliphatic rings. The number of nitrogens with zero attached hydrogens (tertiary/aromatic N) is 3. The Hall–Kier alpha value is -7.42. The Morgan fingerprint density at radius 1 is 0.470 bits per heavy atom. The zero-order valence-corrected chi connectivity index (χ0v) is 31.1. The summed E-state index contributed by atoms with van der Waals surface area (Å²) in [7, 11) is 0. The first kappa shape index (κ1) is 49.6. The van der Waals surface area contributed by atoms with Gasteiger partial charge in [0.15, 0.2) is 87.9 Å². The van der Waals surface area contributed by atoms with Gasteiger partial charge in [0.25, 0.3) is 12.3 Å². The van der Waals surface area contributed by atoms with E-state index in [1.807, 2.05) is 6.07 Å². The lowest BCUT2D eigenvalue weighted by atomic mass is 9.12. The van der Waals surface area contributed by atoms with Gasteiger partial charge in [0.05, 0.1) is 6.20 Å². The van der Waals surface area contributed by atoms with Gasteiger partial charge in [-0.3, -0.25) is 19.7 Å². The fourth-order valence-corrected chi connectivity index (χ4v) is 6.63. The van der Waals surface area contributed by atoms with Crippen LogP contribution >= 0.6 is 0 Å². The molecule has 28 heteroatoms. The van der Waals surface area contributed by atoms with Crippen LogP contribution in [0.1, 0.15) is 20.8 Å². The molecule has 6 aromatic rings. The number of hydrogen-bond acceptors (Lipinski definition) is 5. The van der Waals surface area contributed by atoms with Gasteiger partial charge in [-0.05, 0) is 0 Å². The van der Waals surface area contributed by atoms with E-state index in [1.54, 1.807) is 24.3 Å². The van der Waals surface area contributed by atoms with E-state index < -0.39 is 162 Å². The highest BCUT2D eigenvalue weighted by molar-refractivity contribution is 7.20. The first-order valence-corrected chi connectivity index (χ1v) is 17.1. The van der Waals surface area contributed by atoms with Gasteiger partial charge in [0.2, 0.25) is 12.3 Å². The summed E-state index contributed by atoms with van der Waals surface area (Å²) in [6, 6.07) is 8.73. The van der Waals surface area contributed by atoms with E-state index >= 15 is 35.1 Å². The molecule has 1 heterocycles. The van der Waals surface area contributed by atoms with Crippen molar-refractivity contribution in [2.24, 2.45) is 0 Å². The van der Waals surface area contributed by atoms with Crippen LogP contribution in [-0.4, -0.2) is 34.2 Å². The van der Waals surface area contributed by atoms with Crippen LogP contribution in [0.4, 0.5) is 87.8 Å². The van der Waals surface area contributed by atoms with Crippen LogP contribution in [0.15, 0.2) is 48.9 Å². The Balaban J connectivity index is 0.000000324. The summed E-state index contributed by atoms with van der Waals surface area (Å²) in [6.45, 7) is -0.783. The van der Waals surface area contributed by atoms with E-state index in [-0.39, 0.29) is 18.0 Å². The monoisotopic (exact) mass is 965 g/mol. The molecule has 0 aliphatic heterocycles. The molecule has 0 saturated heterocycles. The molecule has 346 valence electrons. The highest BCUT2D eigenvalue weighted by Gasteiger charge is 2.52. The van der Waals surface area contributed by atoms with E-state index in [9.17, 15) is 72.4 Å². The Morgan fingerprint density at radius 3 is 1.05 bits per heavy atom. The fraction of sp³-hybridized carbons (Fsp3) is 0.0526. The Kier molecular flexibility index (Phi) is 14.0. The highest BCUT2D eigenvalue weighted by Crippen LogP contribution is 2.30. The number of ketones is 2. The minimum atomic E-state index is -7.22. The molecular weight excluding hydrogens is 953 g/mol. The molecule has 0 fully saturated rings. The molecule has 0 aliphatic carbocycles. The van der Waals surface area contributed by atoms with Crippen LogP contribution in [0.2, 0.25) is 0 Å². The molecule has 0 unspecified atom stereocenters. The van der Waals surface area contributed by atoms with Crippen molar-refractivity contribution >= 4 is 39.6 Å². The number of benzene rings is 5. The van der Waals surface area contributed by atoms with Crippen LogP contribution in [0.25, 0.3) is 0 Å². The predicted molar refractivity (Wildman–Crippen MR) is 181 cm³/mol. The van der Waals surface area contributed by atoms with Crippen molar-refractivity contribution in [3.8, 4) is 0 Å². The van der Waals surface area contributed by atoms with Crippen LogP contribution in [0, 0.1) is 126 Å². The molecule has 0 saturated carbocycles. The fourth-order valence-electron chi connectivity index (χ4n) is 6.63. The minimum absolute atomic E-state index is 0.0324. The summed E-state index contributed by atoms with van der Waals surface area (Å²) in [4.78, 5) is 37.0. The SMILES string of the molecule is Fc1c(F)c(F)c([B-](c2c(F)c(F)c(F)c(F)c2F)(c2c(F)c(F)c(F)c(F)c2F)c2c(F)c(F)c(F)c(F)c2F)c(F)c1F.O=C(C[n+]1ccnc(C(=O)C[N+](=O)[O-])c1)c1ccccc1. The largest absolute Gasteiger partial charge is 0.287 e. The molecule has 6 rings (SSSR count).